The summed E-state index contributed by atoms with van der Waals surface area (Å²) in [5.41, 5.74) is 4.86. The first-order valence-corrected chi connectivity index (χ1v) is 15.0. The lowest BCUT2D eigenvalue weighted by Crippen LogP contribution is -2.39. The molecule has 6 rings (SSSR count). The molecule has 1 fully saturated rings. The molecule has 4 aromatic rings. The highest BCUT2D eigenvalue weighted by Crippen LogP contribution is 2.38. The zero-order chi connectivity index (χ0) is 31.5. The number of aromatic hydroxyl groups is 1. The Hall–Kier alpha value is -4.38. The molecular weight excluding hydrogens is 572 g/mol. The topological polar surface area (TPSA) is 120 Å². The van der Waals surface area contributed by atoms with Crippen LogP contribution < -0.4 is 0 Å². The third-order valence-electron chi connectivity index (χ3n) is 8.34. The lowest BCUT2D eigenvalue weighted by atomic mass is 9.99. The van der Waals surface area contributed by atoms with Gasteiger partial charge in [-0.15, -0.1) is 0 Å². The summed E-state index contributed by atoms with van der Waals surface area (Å²) in [7, 11) is 1.92. The number of likely N-dealkylation sites (N-methyl/N-ethyl adjacent to an activating group) is 1. The van der Waals surface area contributed by atoms with Crippen LogP contribution in [-0.4, -0.2) is 63.2 Å². The first-order valence-electron chi connectivity index (χ1n) is 15.0. The maximum Gasteiger partial charge on any atom is 0.261 e. The van der Waals surface area contributed by atoms with Crippen molar-refractivity contribution < 1.29 is 34.4 Å². The summed E-state index contributed by atoms with van der Waals surface area (Å²) in [6.07, 6.45) is -1.38. The fourth-order valence-electron chi connectivity index (χ4n) is 5.93. The molecule has 2 aliphatic heterocycles. The molecule has 0 aromatic heterocycles. The predicted molar refractivity (Wildman–Crippen MR) is 166 cm³/mol. The van der Waals surface area contributed by atoms with Crippen LogP contribution in [0.1, 0.15) is 73.5 Å². The fraction of sp³-hybridized carbons (Fsp3) is 0.278. The summed E-state index contributed by atoms with van der Waals surface area (Å²) >= 11 is 0. The summed E-state index contributed by atoms with van der Waals surface area (Å²) in [5, 5.41) is 30.1. The van der Waals surface area contributed by atoms with Crippen LogP contribution in [0.15, 0.2) is 97.1 Å². The van der Waals surface area contributed by atoms with Crippen LogP contribution >= 0.6 is 0 Å². The van der Waals surface area contributed by atoms with E-state index >= 15 is 0 Å². The first kappa shape index (κ1) is 30.6. The second-order valence-electron chi connectivity index (χ2n) is 11.7. The number of carbonyl (C=O) groups is 2. The SMILES string of the molecule is CN(C[C@H]1C[C@@H](c2ccc(CO)cc2)O[C@@H](c2ccc(CN3C(=O)c4ccccc4C3=O)cc2)O1)C[C@@H](O)c1cccc(O)c1. The Kier molecular flexibility index (Phi) is 9.07. The largest absolute Gasteiger partial charge is 0.508 e. The maximum atomic E-state index is 12.8. The van der Waals surface area contributed by atoms with E-state index in [4.69, 9.17) is 9.47 Å². The molecule has 0 unspecified atom stereocenters. The zero-order valence-electron chi connectivity index (χ0n) is 25.0. The van der Waals surface area contributed by atoms with Gasteiger partial charge in [0, 0.05) is 25.1 Å². The molecule has 0 bridgehead atoms. The molecule has 232 valence electrons. The van der Waals surface area contributed by atoms with Crippen molar-refractivity contribution in [3.8, 4) is 5.75 Å². The number of phenolic OH excluding ortho intramolecular Hbond substituents is 1. The van der Waals surface area contributed by atoms with Gasteiger partial charge < -0.3 is 29.7 Å². The number of hydrogen-bond donors (Lipinski definition) is 3. The molecule has 4 atom stereocenters. The number of fused-ring (bicyclic) bond motifs is 1. The molecule has 45 heavy (non-hydrogen) atoms. The minimum atomic E-state index is -0.783. The Morgan fingerprint density at radius 2 is 1.49 bits per heavy atom. The number of benzene rings is 4. The second kappa shape index (κ2) is 13.3. The van der Waals surface area contributed by atoms with Crippen LogP contribution in [0, 0.1) is 0 Å². The average Bonchev–Trinajstić information content (AvgIpc) is 3.29. The van der Waals surface area contributed by atoms with Crippen molar-refractivity contribution in [3.05, 3.63) is 136 Å². The number of ether oxygens (including phenoxy) is 2. The van der Waals surface area contributed by atoms with Gasteiger partial charge >= 0.3 is 0 Å². The molecule has 0 spiro atoms. The van der Waals surface area contributed by atoms with E-state index in [0.717, 1.165) is 22.3 Å². The Bertz CT molecular complexity index is 1620. The van der Waals surface area contributed by atoms with E-state index in [1.807, 2.05) is 60.5 Å². The lowest BCUT2D eigenvalue weighted by Gasteiger charge is -2.38. The molecule has 1 saturated heterocycles. The molecule has 9 heteroatoms. The fourth-order valence-corrected chi connectivity index (χ4v) is 5.93. The van der Waals surface area contributed by atoms with Crippen LogP contribution in [0.5, 0.6) is 5.75 Å². The molecular formula is C36H36N2O7. The van der Waals surface area contributed by atoms with Crippen LogP contribution in [0.3, 0.4) is 0 Å². The van der Waals surface area contributed by atoms with Crippen molar-refractivity contribution in [2.45, 2.75) is 44.2 Å². The van der Waals surface area contributed by atoms with Gasteiger partial charge in [-0.3, -0.25) is 14.5 Å². The van der Waals surface area contributed by atoms with E-state index in [1.165, 1.54) is 4.90 Å². The Morgan fingerprint density at radius 3 is 2.13 bits per heavy atom. The Morgan fingerprint density at radius 1 is 0.844 bits per heavy atom. The smallest absolute Gasteiger partial charge is 0.261 e. The average molecular weight is 609 g/mol. The molecule has 4 aromatic carbocycles. The quantitative estimate of drug-likeness (QED) is 0.218. The van der Waals surface area contributed by atoms with E-state index in [9.17, 15) is 24.9 Å². The highest BCUT2D eigenvalue weighted by molar-refractivity contribution is 6.21. The van der Waals surface area contributed by atoms with Crippen molar-refractivity contribution in [2.24, 2.45) is 0 Å². The highest BCUT2D eigenvalue weighted by atomic mass is 16.7. The maximum absolute atomic E-state index is 12.8. The summed E-state index contributed by atoms with van der Waals surface area (Å²) in [6.45, 7) is 0.989. The Labute approximate surface area is 261 Å². The standard InChI is InChI=1S/C36H36N2O7/c1-37(21-32(41)27-5-4-6-28(40)17-27)20-29-18-33(25-13-11-24(22-39)12-14-25)45-36(44-29)26-15-9-23(10-16-26)19-38-34(42)30-7-2-3-8-31(30)35(38)43/h2-17,29,32-33,36,39-41H,18-22H2,1H3/t29-,32-,33+,36+/m1/s1. The molecule has 2 heterocycles. The first-order chi connectivity index (χ1) is 21.8. The number of aliphatic hydroxyl groups excluding tert-OH is 2. The summed E-state index contributed by atoms with van der Waals surface area (Å²) in [6, 6.07) is 28.7. The van der Waals surface area contributed by atoms with E-state index in [2.05, 4.69) is 0 Å². The van der Waals surface area contributed by atoms with Crippen LogP contribution in [0.2, 0.25) is 0 Å². The number of aliphatic hydroxyl groups is 2. The van der Waals surface area contributed by atoms with Crippen LogP contribution in [0.4, 0.5) is 0 Å². The number of rotatable bonds is 10. The number of phenols is 1. The van der Waals surface area contributed by atoms with E-state index < -0.39 is 12.4 Å². The number of hydrogen-bond acceptors (Lipinski definition) is 8. The molecule has 0 aliphatic carbocycles. The minimum Gasteiger partial charge on any atom is -0.508 e. The van der Waals surface area contributed by atoms with E-state index in [-0.39, 0.29) is 42.9 Å². The van der Waals surface area contributed by atoms with Crippen molar-refractivity contribution in [1.29, 1.82) is 0 Å². The van der Waals surface area contributed by atoms with Crippen LogP contribution in [-0.2, 0) is 22.6 Å². The van der Waals surface area contributed by atoms with Crippen molar-refractivity contribution in [2.75, 3.05) is 20.1 Å². The second-order valence-corrected chi connectivity index (χ2v) is 11.7. The van der Waals surface area contributed by atoms with Crippen LogP contribution in [0.25, 0.3) is 0 Å². The minimum absolute atomic E-state index is 0.0421. The number of nitrogens with zero attached hydrogens (tertiary/aromatic N) is 2. The van der Waals surface area contributed by atoms with E-state index in [0.29, 0.717) is 36.2 Å². The van der Waals surface area contributed by atoms with Gasteiger partial charge in [-0.2, -0.15) is 0 Å². The molecule has 9 nitrogen and oxygen atoms in total. The van der Waals surface area contributed by atoms with Gasteiger partial charge in [-0.25, -0.2) is 0 Å². The van der Waals surface area contributed by atoms with Crippen molar-refractivity contribution in [1.82, 2.24) is 9.80 Å². The van der Waals surface area contributed by atoms with Gasteiger partial charge in [-0.1, -0.05) is 72.8 Å². The summed E-state index contributed by atoms with van der Waals surface area (Å²) in [5.74, 6) is -0.487. The predicted octanol–water partition coefficient (Wildman–Crippen LogP) is 4.89. The molecule has 2 aliphatic rings. The van der Waals surface area contributed by atoms with Gasteiger partial charge in [0.15, 0.2) is 6.29 Å². The number of carbonyl (C=O) groups excluding carboxylic acids is 2. The van der Waals surface area contributed by atoms with Gasteiger partial charge in [0.2, 0.25) is 0 Å². The molecule has 0 saturated carbocycles. The monoisotopic (exact) mass is 608 g/mol. The third kappa shape index (κ3) is 6.83. The normalized spacial score (nSPS) is 20.4. The van der Waals surface area contributed by atoms with Crippen molar-refractivity contribution in [3.63, 3.8) is 0 Å². The lowest BCUT2D eigenvalue weighted by molar-refractivity contribution is -0.252. The third-order valence-corrected chi connectivity index (χ3v) is 8.34. The Balaban J connectivity index is 1.16. The number of amides is 2. The van der Waals surface area contributed by atoms with Gasteiger partial charge in [0.25, 0.3) is 11.8 Å². The molecule has 2 amide bonds. The number of imide groups is 1. The van der Waals surface area contributed by atoms with Crippen molar-refractivity contribution >= 4 is 11.8 Å². The summed E-state index contributed by atoms with van der Waals surface area (Å²) < 4.78 is 12.9. The van der Waals surface area contributed by atoms with Gasteiger partial charge in [-0.05, 0) is 53.6 Å². The molecule has 0 radical (unpaired) electrons. The highest BCUT2D eigenvalue weighted by Gasteiger charge is 2.36. The zero-order valence-corrected chi connectivity index (χ0v) is 25.0. The van der Waals surface area contributed by atoms with E-state index in [1.54, 1.807) is 48.5 Å². The molecule has 3 N–H and O–H groups in total. The van der Waals surface area contributed by atoms with Gasteiger partial charge in [0.05, 0.1) is 42.6 Å². The van der Waals surface area contributed by atoms with Gasteiger partial charge in [0.1, 0.15) is 5.75 Å². The summed E-state index contributed by atoms with van der Waals surface area (Å²) in [4.78, 5) is 28.9.